The molecule has 0 spiro atoms. The molecule has 28 heavy (non-hydrogen) atoms. The van der Waals surface area contributed by atoms with Crippen LogP contribution in [-0.4, -0.2) is 43.4 Å². The SMILES string of the molecule is CC1(CN2CCCN(c3ccc4c5c(cccc35)C(=O)C4)CC2)CCCCC1. The van der Waals surface area contributed by atoms with Gasteiger partial charge in [0.15, 0.2) is 5.78 Å². The Kier molecular flexibility index (Phi) is 4.66. The van der Waals surface area contributed by atoms with Crippen LogP contribution < -0.4 is 4.90 Å². The fourth-order valence-electron chi connectivity index (χ4n) is 5.86. The summed E-state index contributed by atoms with van der Waals surface area (Å²) < 4.78 is 0. The van der Waals surface area contributed by atoms with E-state index in [0.717, 1.165) is 25.2 Å². The van der Waals surface area contributed by atoms with Crippen LogP contribution in [-0.2, 0) is 6.42 Å². The smallest absolute Gasteiger partial charge is 0.167 e. The van der Waals surface area contributed by atoms with E-state index in [9.17, 15) is 4.79 Å². The summed E-state index contributed by atoms with van der Waals surface area (Å²) >= 11 is 0. The molecule has 2 aliphatic carbocycles. The molecule has 1 saturated carbocycles. The molecule has 2 aromatic rings. The van der Waals surface area contributed by atoms with Gasteiger partial charge in [0.25, 0.3) is 0 Å². The van der Waals surface area contributed by atoms with Crippen molar-refractivity contribution in [3.05, 3.63) is 41.5 Å². The molecular formula is C25H32N2O. The molecule has 0 radical (unpaired) electrons. The molecule has 0 atom stereocenters. The van der Waals surface area contributed by atoms with Gasteiger partial charge in [0.05, 0.1) is 0 Å². The Labute approximate surface area is 168 Å². The van der Waals surface area contributed by atoms with Crippen LogP contribution >= 0.6 is 0 Å². The second-order valence-electron chi connectivity index (χ2n) is 9.56. The number of ketones is 1. The molecule has 0 N–H and O–H groups in total. The molecule has 0 bridgehead atoms. The zero-order valence-electron chi connectivity index (χ0n) is 17.2. The van der Waals surface area contributed by atoms with E-state index in [1.165, 1.54) is 73.6 Å². The van der Waals surface area contributed by atoms with Crippen molar-refractivity contribution in [1.29, 1.82) is 0 Å². The van der Waals surface area contributed by atoms with E-state index in [4.69, 9.17) is 0 Å². The van der Waals surface area contributed by atoms with Crippen LogP contribution in [0.3, 0.4) is 0 Å². The monoisotopic (exact) mass is 376 g/mol. The first kappa shape index (κ1) is 18.2. The lowest BCUT2D eigenvalue weighted by Crippen LogP contribution is -2.39. The molecule has 3 nitrogen and oxygen atoms in total. The van der Waals surface area contributed by atoms with Gasteiger partial charge >= 0.3 is 0 Å². The average molecular weight is 377 g/mol. The second kappa shape index (κ2) is 7.18. The van der Waals surface area contributed by atoms with Crippen molar-refractivity contribution >= 4 is 22.2 Å². The minimum Gasteiger partial charge on any atom is -0.370 e. The third kappa shape index (κ3) is 3.24. The maximum Gasteiger partial charge on any atom is 0.167 e. The maximum absolute atomic E-state index is 12.3. The molecule has 1 heterocycles. The molecule has 3 aliphatic rings. The molecule has 2 aromatic carbocycles. The minimum atomic E-state index is 0.278. The quantitative estimate of drug-likeness (QED) is 0.748. The Morgan fingerprint density at radius 3 is 2.64 bits per heavy atom. The zero-order valence-corrected chi connectivity index (χ0v) is 17.2. The summed E-state index contributed by atoms with van der Waals surface area (Å²) in [6.07, 6.45) is 8.84. The molecule has 5 rings (SSSR count). The van der Waals surface area contributed by atoms with Crippen molar-refractivity contribution in [2.45, 2.75) is 51.9 Å². The molecule has 0 aromatic heterocycles. The number of carbonyl (C=O) groups excluding carboxylic acids is 1. The summed E-state index contributed by atoms with van der Waals surface area (Å²) in [5, 5.41) is 2.48. The van der Waals surface area contributed by atoms with Crippen molar-refractivity contribution < 1.29 is 4.79 Å². The van der Waals surface area contributed by atoms with Crippen molar-refractivity contribution in [3.63, 3.8) is 0 Å². The van der Waals surface area contributed by atoms with E-state index >= 15 is 0 Å². The van der Waals surface area contributed by atoms with Gasteiger partial charge in [0, 0.05) is 49.2 Å². The van der Waals surface area contributed by atoms with Gasteiger partial charge in [-0.25, -0.2) is 0 Å². The summed E-state index contributed by atoms with van der Waals surface area (Å²) in [6.45, 7) is 8.33. The third-order valence-electron chi connectivity index (χ3n) is 7.35. The lowest BCUT2D eigenvalue weighted by molar-refractivity contribution is 0.1000. The summed E-state index contributed by atoms with van der Waals surface area (Å²) in [5.74, 6) is 0.278. The van der Waals surface area contributed by atoms with Gasteiger partial charge in [0.1, 0.15) is 0 Å². The highest BCUT2D eigenvalue weighted by molar-refractivity contribution is 6.17. The molecule has 148 valence electrons. The van der Waals surface area contributed by atoms with Gasteiger partial charge in [0.2, 0.25) is 0 Å². The van der Waals surface area contributed by atoms with Crippen LogP contribution in [0.5, 0.6) is 0 Å². The number of hydrogen-bond donors (Lipinski definition) is 0. The van der Waals surface area contributed by atoms with Crippen molar-refractivity contribution in [1.82, 2.24) is 4.90 Å². The minimum absolute atomic E-state index is 0.278. The summed E-state index contributed by atoms with van der Waals surface area (Å²) in [4.78, 5) is 17.6. The van der Waals surface area contributed by atoms with Crippen LogP contribution in [0.1, 0.15) is 61.4 Å². The number of anilines is 1. The van der Waals surface area contributed by atoms with Crippen LogP contribution in [0.15, 0.2) is 30.3 Å². The van der Waals surface area contributed by atoms with E-state index in [1.807, 2.05) is 6.07 Å². The Morgan fingerprint density at radius 1 is 0.929 bits per heavy atom. The number of Topliss-reactive ketones (excluding diaryl/α,β-unsaturated/α-hetero) is 1. The highest BCUT2D eigenvalue weighted by Crippen LogP contribution is 2.38. The van der Waals surface area contributed by atoms with Crippen LogP contribution in [0.25, 0.3) is 10.8 Å². The number of carbonyl (C=O) groups is 1. The largest absolute Gasteiger partial charge is 0.370 e. The third-order valence-corrected chi connectivity index (χ3v) is 7.35. The fourth-order valence-corrected chi connectivity index (χ4v) is 5.86. The van der Waals surface area contributed by atoms with E-state index in [0.29, 0.717) is 11.8 Å². The lowest BCUT2D eigenvalue weighted by atomic mass is 9.75. The lowest BCUT2D eigenvalue weighted by Gasteiger charge is -2.38. The molecule has 0 unspecified atom stereocenters. The Balaban J connectivity index is 1.36. The van der Waals surface area contributed by atoms with E-state index in [-0.39, 0.29) is 5.78 Å². The van der Waals surface area contributed by atoms with Gasteiger partial charge < -0.3 is 9.80 Å². The topological polar surface area (TPSA) is 23.6 Å². The molecular weight excluding hydrogens is 344 g/mol. The summed E-state index contributed by atoms with van der Waals surface area (Å²) in [6, 6.07) is 10.7. The number of nitrogens with zero attached hydrogens (tertiary/aromatic N) is 2. The zero-order chi connectivity index (χ0) is 19.1. The van der Waals surface area contributed by atoms with Gasteiger partial charge in [-0.05, 0) is 48.2 Å². The highest BCUT2D eigenvalue weighted by Gasteiger charge is 2.30. The number of benzene rings is 2. The van der Waals surface area contributed by atoms with E-state index < -0.39 is 0 Å². The van der Waals surface area contributed by atoms with Crippen molar-refractivity contribution in [2.75, 3.05) is 37.6 Å². The Bertz CT molecular complexity index is 897. The van der Waals surface area contributed by atoms with Crippen molar-refractivity contribution in [2.24, 2.45) is 5.41 Å². The number of hydrogen-bond acceptors (Lipinski definition) is 3. The first-order valence-corrected chi connectivity index (χ1v) is 11.2. The van der Waals surface area contributed by atoms with Crippen LogP contribution in [0, 0.1) is 5.41 Å². The Morgan fingerprint density at radius 2 is 1.79 bits per heavy atom. The molecule has 1 aliphatic heterocycles. The Hall–Kier alpha value is -1.87. The van der Waals surface area contributed by atoms with Crippen LogP contribution in [0.4, 0.5) is 5.69 Å². The fraction of sp³-hybridized carbons (Fsp3) is 0.560. The predicted molar refractivity (Wildman–Crippen MR) is 116 cm³/mol. The molecule has 2 fully saturated rings. The summed E-state index contributed by atoms with van der Waals surface area (Å²) in [7, 11) is 0. The normalized spacial score (nSPS) is 22.6. The maximum atomic E-state index is 12.3. The second-order valence-corrected chi connectivity index (χ2v) is 9.56. The molecule has 0 amide bonds. The number of rotatable bonds is 3. The van der Waals surface area contributed by atoms with E-state index in [1.54, 1.807) is 0 Å². The van der Waals surface area contributed by atoms with Crippen molar-refractivity contribution in [3.8, 4) is 0 Å². The molecule has 3 heteroatoms. The van der Waals surface area contributed by atoms with Gasteiger partial charge in [-0.3, -0.25) is 4.79 Å². The standard InChI is InChI=1S/C25H32N2O/c1-25(11-3-2-4-12-25)18-26-13-6-14-27(16-15-26)22-10-9-19-17-23(28)21-8-5-7-20(22)24(19)21/h5,7-10H,2-4,6,11-18H2,1H3. The highest BCUT2D eigenvalue weighted by atomic mass is 16.1. The first-order valence-electron chi connectivity index (χ1n) is 11.2. The average Bonchev–Trinajstić information content (AvgIpc) is 2.87. The first-order chi connectivity index (χ1) is 13.6. The molecule has 1 saturated heterocycles. The predicted octanol–water partition coefficient (Wildman–Crippen LogP) is 5.06. The van der Waals surface area contributed by atoms with Gasteiger partial charge in [-0.15, -0.1) is 0 Å². The van der Waals surface area contributed by atoms with Crippen LogP contribution in [0.2, 0.25) is 0 Å². The van der Waals surface area contributed by atoms with Gasteiger partial charge in [-0.2, -0.15) is 0 Å². The van der Waals surface area contributed by atoms with Gasteiger partial charge in [-0.1, -0.05) is 50.5 Å². The summed E-state index contributed by atoms with van der Waals surface area (Å²) in [5.41, 5.74) is 3.98. The van der Waals surface area contributed by atoms with E-state index in [2.05, 4.69) is 41.0 Å².